The second-order valence-corrected chi connectivity index (χ2v) is 6.50. The highest BCUT2D eigenvalue weighted by atomic mass is 16.5. The van der Waals surface area contributed by atoms with Crippen molar-refractivity contribution in [1.29, 1.82) is 0 Å². The molecule has 0 radical (unpaired) electrons. The van der Waals surface area contributed by atoms with Gasteiger partial charge in [0.15, 0.2) is 5.82 Å². The van der Waals surface area contributed by atoms with Gasteiger partial charge in [-0.3, -0.25) is 4.98 Å². The average molecular weight is 354 g/mol. The fourth-order valence-electron chi connectivity index (χ4n) is 3.18. The zero-order valence-corrected chi connectivity index (χ0v) is 15.5. The molecule has 2 aromatic heterocycles. The van der Waals surface area contributed by atoms with Gasteiger partial charge in [0.25, 0.3) is 0 Å². The van der Waals surface area contributed by atoms with E-state index < -0.39 is 0 Å². The van der Waals surface area contributed by atoms with Crippen LogP contribution in [0.5, 0.6) is 0 Å². The van der Waals surface area contributed by atoms with Crippen LogP contribution in [0.3, 0.4) is 0 Å². The topological polar surface area (TPSA) is 94.8 Å². The Morgan fingerprint density at radius 2 is 2.08 bits per heavy atom. The van der Waals surface area contributed by atoms with Crippen LogP contribution in [0.1, 0.15) is 45.0 Å². The molecular formula is C18H22N6O2. The lowest BCUT2D eigenvalue weighted by atomic mass is 9.80. The van der Waals surface area contributed by atoms with Crippen molar-refractivity contribution in [3.05, 3.63) is 52.9 Å². The molecule has 8 heteroatoms. The molecule has 0 saturated carbocycles. The number of nitrogens with one attached hydrogen (secondary N) is 1. The summed E-state index contributed by atoms with van der Waals surface area (Å²) in [5, 5.41) is 15.1. The first-order valence-corrected chi connectivity index (χ1v) is 8.42. The van der Waals surface area contributed by atoms with Gasteiger partial charge in [0.2, 0.25) is 0 Å². The van der Waals surface area contributed by atoms with Gasteiger partial charge in [-0.25, -0.2) is 9.48 Å². The van der Waals surface area contributed by atoms with Crippen molar-refractivity contribution in [3.63, 3.8) is 0 Å². The number of pyridine rings is 1. The summed E-state index contributed by atoms with van der Waals surface area (Å²) in [5.41, 5.74) is 3.87. The molecule has 0 spiro atoms. The smallest absolute Gasteiger partial charge is 0.337 e. The quantitative estimate of drug-likeness (QED) is 0.839. The molecule has 1 aliphatic rings. The average Bonchev–Trinajstić information content (AvgIpc) is 3.00. The van der Waals surface area contributed by atoms with E-state index in [1.54, 1.807) is 24.1 Å². The monoisotopic (exact) mass is 354 g/mol. The maximum absolute atomic E-state index is 12.9. The van der Waals surface area contributed by atoms with Crippen LogP contribution in [-0.4, -0.2) is 37.3 Å². The van der Waals surface area contributed by atoms with Crippen molar-refractivity contribution >= 4 is 11.5 Å². The lowest BCUT2D eigenvalue weighted by Gasteiger charge is -2.31. The summed E-state index contributed by atoms with van der Waals surface area (Å²) in [7, 11) is 1.77. The lowest BCUT2D eigenvalue weighted by Crippen LogP contribution is -2.30. The third-order valence-electron chi connectivity index (χ3n) is 4.20. The molecule has 8 nitrogen and oxygen atoms in total. The predicted molar refractivity (Wildman–Crippen MR) is 95.4 cm³/mol. The standard InChI is InChI=1S/C18H22N6O2/c1-10(2)26-18(25)15-12(4)20-11(3)14(17-21-22-23-24(17)5)16(15)13-7-6-8-19-9-13/h6-10,16,20H,1-5H3. The minimum absolute atomic E-state index is 0.218. The number of dihydropyridines is 1. The van der Waals surface area contributed by atoms with Gasteiger partial charge in [-0.15, -0.1) is 5.10 Å². The first kappa shape index (κ1) is 17.8. The van der Waals surface area contributed by atoms with E-state index >= 15 is 0 Å². The van der Waals surface area contributed by atoms with E-state index in [1.165, 1.54) is 0 Å². The molecule has 3 heterocycles. The van der Waals surface area contributed by atoms with Gasteiger partial charge in [0.1, 0.15) is 0 Å². The van der Waals surface area contributed by atoms with Gasteiger partial charge in [0.05, 0.1) is 11.7 Å². The number of ether oxygens (including phenoxy) is 1. The van der Waals surface area contributed by atoms with E-state index in [4.69, 9.17) is 4.74 Å². The Bertz CT molecular complexity index is 882. The second kappa shape index (κ2) is 7.07. The predicted octanol–water partition coefficient (Wildman–Crippen LogP) is 1.95. The molecule has 0 fully saturated rings. The van der Waals surface area contributed by atoms with E-state index in [-0.39, 0.29) is 18.0 Å². The van der Waals surface area contributed by atoms with Crippen molar-refractivity contribution in [3.8, 4) is 0 Å². The van der Waals surface area contributed by atoms with Gasteiger partial charge in [-0.2, -0.15) is 0 Å². The molecule has 0 aromatic carbocycles. The number of aryl methyl sites for hydroxylation is 1. The van der Waals surface area contributed by atoms with Gasteiger partial charge < -0.3 is 10.1 Å². The summed E-state index contributed by atoms with van der Waals surface area (Å²) < 4.78 is 7.10. The Morgan fingerprint density at radius 1 is 1.31 bits per heavy atom. The molecule has 136 valence electrons. The molecule has 1 unspecified atom stereocenters. The first-order chi connectivity index (χ1) is 12.4. The maximum Gasteiger partial charge on any atom is 0.337 e. The summed E-state index contributed by atoms with van der Waals surface area (Å²) in [4.78, 5) is 17.1. The van der Waals surface area contributed by atoms with Crippen molar-refractivity contribution in [1.82, 2.24) is 30.5 Å². The number of aromatic nitrogens is 5. The molecule has 1 N–H and O–H groups in total. The molecule has 26 heavy (non-hydrogen) atoms. The number of tetrazole rings is 1. The molecule has 2 aromatic rings. The molecule has 3 rings (SSSR count). The highest BCUT2D eigenvalue weighted by Crippen LogP contribution is 2.42. The Labute approximate surface area is 152 Å². The summed E-state index contributed by atoms with van der Waals surface area (Å²) >= 11 is 0. The van der Waals surface area contributed by atoms with Crippen LogP contribution in [0.4, 0.5) is 0 Å². The van der Waals surface area contributed by atoms with Crippen LogP contribution in [0, 0.1) is 0 Å². The van der Waals surface area contributed by atoms with E-state index in [1.807, 2.05) is 39.8 Å². The Hall–Kier alpha value is -3.03. The number of rotatable bonds is 4. The van der Waals surface area contributed by atoms with Crippen molar-refractivity contribution in [2.75, 3.05) is 0 Å². The number of nitrogens with zero attached hydrogens (tertiary/aromatic N) is 5. The summed E-state index contributed by atoms with van der Waals surface area (Å²) in [5.74, 6) is -0.147. The normalized spacial score (nSPS) is 17.5. The van der Waals surface area contributed by atoms with Crippen LogP contribution in [0.25, 0.3) is 5.57 Å². The van der Waals surface area contributed by atoms with Gasteiger partial charge in [-0.05, 0) is 49.8 Å². The van der Waals surface area contributed by atoms with Crippen molar-refractivity contribution in [2.24, 2.45) is 7.05 Å². The second-order valence-electron chi connectivity index (χ2n) is 6.50. The summed E-state index contributed by atoms with van der Waals surface area (Å²) in [6.07, 6.45) is 3.24. The Kier molecular flexibility index (Phi) is 4.83. The number of hydrogen-bond donors (Lipinski definition) is 1. The van der Waals surface area contributed by atoms with Crippen LogP contribution in [0.15, 0.2) is 41.5 Å². The maximum atomic E-state index is 12.9. The van der Waals surface area contributed by atoms with Gasteiger partial charge in [-0.1, -0.05) is 6.07 Å². The summed E-state index contributed by atoms with van der Waals surface area (Å²) in [6, 6.07) is 3.79. The van der Waals surface area contributed by atoms with Gasteiger partial charge >= 0.3 is 5.97 Å². The number of carbonyl (C=O) groups excluding carboxylic acids is 1. The van der Waals surface area contributed by atoms with E-state index in [0.29, 0.717) is 11.4 Å². The fraction of sp³-hybridized carbons (Fsp3) is 0.389. The SMILES string of the molecule is CC1=C(C(=O)OC(C)C)C(c2cccnc2)C(c2nnnn2C)=C(C)N1. The molecule has 0 saturated heterocycles. The highest BCUT2D eigenvalue weighted by Gasteiger charge is 2.37. The third kappa shape index (κ3) is 3.22. The molecule has 0 bridgehead atoms. The Balaban J connectivity index is 2.19. The number of carbonyl (C=O) groups is 1. The molecule has 1 atom stereocenters. The molecular weight excluding hydrogens is 332 g/mol. The van der Waals surface area contributed by atoms with Crippen LogP contribution in [0.2, 0.25) is 0 Å². The van der Waals surface area contributed by atoms with Crippen LogP contribution in [-0.2, 0) is 16.6 Å². The number of allylic oxidation sites excluding steroid dienone is 3. The van der Waals surface area contributed by atoms with Gasteiger partial charge in [0, 0.05) is 42.3 Å². The zero-order valence-electron chi connectivity index (χ0n) is 15.5. The number of hydrogen-bond acceptors (Lipinski definition) is 7. The molecule has 1 aliphatic heterocycles. The summed E-state index contributed by atoms with van der Waals surface area (Å²) in [6.45, 7) is 7.48. The van der Waals surface area contributed by atoms with E-state index in [0.717, 1.165) is 22.5 Å². The lowest BCUT2D eigenvalue weighted by molar-refractivity contribution is -0.142. The minimum Gasteiger partial charge on any atom is -0.460 e. The first-order valence-electron chi connectivity index (χ1n) is 8.42. The highest BCUT2D eigenvalue weighted by molar-refractivity contribution is 5.97. The fourth-order valence-corrected chi connectivity index (χ4v) is 3.18. The van der Waals surface area contributed by atoms with E-state index in [9.17, 15) is 4.79 Å². The van der Waals surface area contributed by atoms with E-state index in [2.05, 4.69) is 25.8 Å². The number of esters is 1. The third-order valence-corrected chi connectivity index (χ3v) is 4.20. The molecule has 0 amide bonds. The Morgan fingerprint density at radius 3 is 2.65 bits per heavy atom. The molecule has 0 aliphatic carbocycles. The van der Waals surface area contributed by atoms with Crippen molar-refractivity contribution < 1.29 is 9.53 Å². The zero-order chi connectivity index (χ0) is 18.8. The largest absolute Gasteiger partial charge is 0.460 e. The van der Waals surface area contributed by atoms with Crippen molar-refractivity contribution in [2.45, 2.75) is 39.7 Å². The van der Waals surface area contributed by atoms with Crippen LogP contribution < -0.4 is 5.32 Å². The minimum atomic E-state index is -0.374. The van der Waals surface area contributed by atoms with Crippen LogP contribution >= 0.6 is 0 Å².